The van der Waals surface area contributed by atoms with E-state index in [2.05, 4.69) is 51.3 Å². The van der Waals surface area contributed by atoms with Gasteiger partial charge in [-0.2, -0.15) is 5.26 Å². The van der Waals surface area contributed by atoms with E-state index in [9.17, 15) is 14.9 Å². The third-order valence-corrected chi connectivity index (χ3v) is 6.64. The van der Waals surface area contributed by atoms with Crippen molar-refractivity contribution < 1.29 is 14.3 Å². The standard InChI is InChI=1S/C21H15I2N3O3S/c1-25-19(27)15(20(28)26(2)21(25)30)7-12-8-16(22)18(17(23)9-12)29-11-14-6-4-3-5-13(14)10-24/h3-9H,11H2,1-2H3. The van der Waals surface area contributed by atoms with E-state index in [4.69, 9.17) is 17.0 Å². The molecule has 6 nitrogen and oxygen atoms in total. The van der Waals surface area contributed by atoms with E-state index < -0.39 is 11.8 Å². The third kappa shape index (κ3) is 4.50. The molecule has 0 radical (unpaired) electrons. The average Bonchev–Trinajstić information content (AvgIpc) is 2.73. The Morgan fingerprint density at radius 1 is 1.10 bits per heavy atom. The summed E-state index contributed by atoms with van der Waals surface area (Å²) >= 11 is 9.42. The summed E-state index contributed by atoms with van der Waals surface area (Å²) in [5.74, 6) is -0.175. The molecule has 0 atom stereocenters. The molecule has 3 rings (SSSR count). The van der Waals surface area contributed by atoms with Crippen molar-refractivity contribution in [3.63, 3.8) is 0 Å². The molecule has 0 aromatic heterocycles. The highest BCUT2D eigenvalue weighted by Crippen LogP contribution is 2.31. The van der Waals surface area contributed by atoms with Crippen LogP contribution in [0.3, 0.4) is 0 Å². The molecule has 1 fully saturated rings. The largest absolute Gasteiger partial charge is 0.487 e. The molecule has 0 spiro atoms. The van der Waals surface area contributed by atoms with Crippen molar-refractivity contribution in [3.8, 4) is 11.8 Å². The molecule has 1 aliphatic rings. The van der Waals surface area contributed by atoms with E-state index in [1.54, 1.807) is 26.2 Å². The molecule has 0 aliphatic carbocycles. The van der Waals surface area contributed by atoms with Crippen LogP contribution in [0.1, 0.15) is 16.7 Å². The van der Waals surface area contributed by atoms with Gasteiger partial charge in [-0.15, -0.1) is 0 Å². The van der Waals surface area contributed by atoms with Gasteiger partial charge >= 0.3 is 0 Å². The zero-order valence-corrected chi connectivity index (χ0v) is 21.1. The van der Waals surface area contributed by atoms with E-state index in [1.807, 2.05) is 30.3 Å². The van der Waals surface area contributed by atoms with Gasteiger partial charge in [-0.1, -0.05) is 18.2 Å². The van der Waals surface area contributed by atoms with Crippen LogP contribution in [0.15, 0.2) is 42.0 Å². The Labute approximate surface area is 206 Å². The van der Waals surface area contributed by atoms with Crippen molar-refractivity contribution in [2.45, 2.75) is 6.61 Å². The van der Waals surface area contributed by atoms with Crippen LogP contribution in [0.25, 0.3) is 6.08 Å². The Morgan fingerprint density at radius 3 is 2.23 bits per heavy atom. The molecular formula is C21H15I2N3O3S. The monoisotopic (exact) mass is 643 g/mol. The number of ether oxygens (including phenoxy) is 1. The molecule has 30 heavy (non-hydrogen) atoms. The number of hydrogen-bond acceptors (Lipinski definition) is 5. The van der Waals surface area contributed by atoms with Gasteiger partial charge in [-0.05, 0) is 87.2 Å². The summed E-state index contributed by atoms with van der Waals surface area (Å²) < 4.78 is 7.63. The van der Waals surface area contributed by atoms with Gasteiger partial charge in [0.25, 0.3) is 11.8 Å². The number of hydrogen-bond donors (Lipinski definition) is 0. The van der Waals surface area contributed by atoms with Gasteiger partial charge in [0.05, 0.1) is 18.8 Å². The first-order chi connectivity index (χ1) is 14.2. The minimum atomic E-state index is -0.429. The summed E-state index contributed by atoms with van der Waals surface area (Å²) in [6.07, 6.45) is 1.57. The highest BCUT2D eigenvalue weighted by Gasteiger charge is 2.35. The lowest BCUT2D eigenvalue weighted by atomic mass is 10.1. The summed E-state index contributed by atoms with van der Waals surface area (Å²) in [6.45, 7) is 0.264. The molecule has 2 aromatic rings. The summed E-state index contributed by atoms with van der Waals surface area (Å²) in [6, 6.07) is 13.1. The molecular weight excluding hydrogens is 628 g/mol. The summed E-state index contributed by atoms with van der Waals surface area (Å²) in [4.78, 5) is 27.6. The quantitative estimate of drug-likeness (QED) is 0.219. The van der Waals surface area contributed by atoms with Crippen LogP contribution in [-0.2, 0) is 16.2 Å². The number of carbonyl (C=O) groups excluding carboxylic acids is 2. The van der Waals surface area contributed by atoms with Gasteiger partial charge in [0, 0.05) is 19.7 Å². The Kier molecular flexibility index (Phi) is 7.10. The Hall–Kier alpha value is -2.04. The first kappa shape index (κ1) is 22.6. The molecule has 1 saturated heterocycles. The van der Waals surface area contributed by atoms with E-state index in [0.717, 1.165) is 12.7 Å². The van der Waals surface area contributed by atoms with Crippen LogP contribution in [-0.4, -0.2) is 40.8 Å². The number of carbonyl (C=O) groups is 2. The van der Waals surface area contributed by atoms with E-state index in [-0.39, 0.29) is 17.3 Å². The maximum absolute atomic E-state index is 12.5. The average molecular weight is 643 g/mol. The van der Waals surface area contributed by atoms with Crippen molar-refractivity contribution in [1.29, 1.82) is 5.26 Å². The number of amides is 2. The Bertz CT molecular complexity index is 1090. The molecule has 9 heteroatoms. The summed E-state index contributed by atoms with van der Waals surface area (Å²) in [7, 11) is 3.09. The Morgan fingerprint density at radius 2 is 1.67 bits per heavy atom. The number of nitriles is 1. The van der Waals surface area contributed by atoms with Gasteiger partial charge < -0.3 is 4.74 Å². The molecule has 0 saturated carbocycles. The lowest BCUT2D eigenvalue weighted by Crippen LogP contribution is -2.52. The smallest absolute Gasteiger partial charge is 0.265 e. The number of rotatable bonds is 4. The number of halogens is 2. The van der Waals surface area contributed by atoms with Crippen LogP contribution >= 0.6 is 57.4 Å². The lowest BCUT2D eigenvalue weighted by Gasteiger charge is -2.31. The first-order valence-corrected chi connectivity index (χ1v) is 11.2. The number of nitrogens with zero attached hydrogens (tertiary/aromatic N) is 3. The first-order valence-electron chi connectivity index (χ1n) is 8.66. The second kappa shape index (κ2) is 9.40. The zero-order chi connectivity index (χ0) is 22.0. The molecule has 152 valence electrons. The van der Waals surface area contributed by atoms with Crippen molar-refractivity contribution in [2.75, 3.05) is 14.1 Å². The fourth-order valence-corrected chi connectivity index (χ4v) is 5.14. The van der Waals surface area contributed by atoms with Gasteiger partial charge in [-0.3, -0.25) is 19.4 Å². The normalized spacial score (nSPS) is 14.1. The van der Waals surface area contributed by atoms with Gasteiger partial charge in [0.2, 0.25) is 0 Å². The minimum Gasteiger partial charge on any atom is -0.487 e. The molecule has 1 heterocycles. The zero-order valence-electron chi connectivity index (χ0n) is 16.0. The Balaban J connectivity index is 1.89. The predicted octanol–water partition coefficient (Wildman–Crippen LogP) is 3.95. The molecule has 1 aliphatic heterocycles. The molecule has 0 bridgehead atoms. The molecule has 2 amide bonds. The van der Waals surface area contributed by atoms with Crippen molar-refractivity contribution in [3.05, 3.63) is 65.8 Å². The second-order valence-electron chi connectivity index (χ2n) is 6.44. The summed E-state index contributed by atoms with van der Waals surface area (Å²) in [5, 5.41) is 9.40. The summed E-state index contributed by atoms with van der Waals surface area (Å²) in [5.41, 5.74) is 2.14. The van der Waals surface area contributed by atoms with Crippen LogP contribution in [0.2, 0.25) is 0 Å². The highest BCUT2D eigenvalue weighted by molar-refractivity contribution is 14.1. The van der Waals surface area contributed by atoms with E-state index in [1.165, 1.54) is 9.80 Å². The molecule has 0 N–H and O–H groups in total. The van der Waals surface area contributed by atoms with Gasteiger partial charge in [0.1, 0.15) is 17.9 Å². The van der Waals surface area contributed by atoms with Crippen LogP contribution in [0.4, 0.5) is 0 Å². The number of likely N-dealkylation sites (N-methyl/N-ethyl adjacent to an activating group) is 2. The topological polar surface area (TPSA) is 73.6 Å². The highest BCUT2D eigenvalue weighted by atomic mass is 127. The minimum absolute atomic E-state index is 0.0526. The van der Waals surface area contributed by atoms with Crippen LogP contribution in [0, 0.1) is 18.5 Å². The van der Waals surface area contributed by atoms with Crippen molar-refractivity contribution in [2.24, 2.45) is 0 Å². The number of thiocarbonyl (C=S) groups is 1. The van der Waals surface area contributed by atoms with Crippen molar-refractivity contribution in [1.82, 2.24) is 9.80 Å². The van der Waals surface area contributed by atoms with Gasteiger partial charge in [-0.25, -0.2) is 0 Å². The molecule has 0 unspecified atom stereocenters. The van der Waals surface area contributed by atoms with Crippen molar-refractivity contribution >= 4 is 80.4 Å². The van der Waals surface area contributed by atoms with E-state index in [0.29, 0.717) is 16.9 Å². The third-order valence-electron chi connectivity index (χ3n) is 4.49. The maximum atomic E-state index is 12.5. The fraction of sp³-hybridized carbons (Fsp3) is 0.143. The van der Waals surface area contributed by atoms with E-state index >= 15 is 0 Å². The fourth-order valence-electron chi connectivity index (χ4n) is 2.85. The predicted molar refractivity (Wildman–Crippen MR) is 133 cm³/mol. The molecule has 2 aromatic carbocycles. The SMILES string of the molecule is CN1C(=O)C(=Cc2cc(I)c(OCc3ccccc3C#N)c(I)c2)C(=O)N(C)C1=S. The van der Waals surface area contributed by atoms with Gasteiger partial charge in [0.15, 0.2) is 5.11 Å². The number of benzene rings is 2. The maximum Gasteiger partial charge on any atom is 0.265 e. The van der Waals surface area contributed by atoms with Crippen LogP contribution in [0.5, 0.6) is 5.75 Å². The lowest BCUT2D eigenvalue weighted by molar-refractivity contribution is -0.132. The second-order valence-corrected chi connectivity index (χ2v) is 9.13. The van der Waals surface area contributed by atoms with Crippen LogP contribution < -0.4 is 4.74 Å².